The number of alkyl halides is 3. The van der Waals surface area contributed by atoms with Crippen LogP contribution in [0.5, 0.6) is 0 Å². The van der Waals surface area contributed by atoms with Gasteiger partial charge in [0.1, 0.15) is 0 Å². The minimum atomic E-state index is -5.08. The lowest BCUT2D eigenvalue weighted by molar-refractivity contribution is -0.192. The van der Waals surface area contributed by atoms with Crippen LogP contribution in [0.15, 0.2) is 24.3 Å². The van der Waals surface area contributed by atoms with Gasteiger partial charge in [-0.3, -0.25) is 0 Å². The van der Waals surface area contributed by atoms with E-state index in [1.165, 1.54) is 11.1 Å². The maximum Gasteiger partial charge on any atom is 0.490 e. The van der Waals surface area contributed by atoms with E-state index in [9.17, 15) is 13.2 Å². The molecule has 0 amide bonds. The highest BCUT2D eigenvalue weighted by Crippen LogP contribution is 2.39. The molecule has 0 atom stereocenters. The van der Waals surface area contributed by atoms with Crippen LogP contribution in [0.1, 0.15) is 24.0 Å². The number of carboxylic acids is 1. The molecule has 4 nitrogen and oxygen atoms in total. The first-order valence-corrected chi connectivity index (χ1v) is 7.08. The van der Waals surface area contributed by atoms with Gasteiger partial charge < -0.3 is 15.2 Å². The average Bonchev–Trinajstić information content (AvgIpc) is 2.48. The summed E-state index contributed by atoms with van der Waals surface area (Å²) < 4.78 is 37.8. The number of hydrogen-bond donors (Lipinski definition) is 2. The number of piperidine rings is 1. The molecule has 2 aliphatic heterocycles. The van der Waals surface area contributed by atoms with Gasteiger partial charge in [-0.05, 0) is 43.5 Å². The van der Waals surface area contributed by atoms with Gasteiger partial charge in [-0.2, -0.15) is 13.2 Å². The highest BCUT2D eigenvalue weighted by molar-refractivity contribution is 5.73. The molecule has 2 N–H and O–H groups in total. The zero-order chi connectivity index (χ0) is 16.2. The maximum atomic E-state index is 10.6. The third-order valence-corrected chi connectivity index (χ3v) is 3.91. The second-order valence-electron chi connectivity index (χ2n) is 5.30. The summed E-state index contributed by atoms with van der Waals surface area (Å²) in [5.74, 6) is -2.76. The summed E-state index contributed by atoms with van der Waals surface area (Å²) in [5, 5.41) is 10.5. The van der Waals surface area contributed by atoms with Crippen molar-refractivity contribution in [2.75, 3.05) is 19.7 Å². The molecular weight excluding hydrogens is 299 g/mol. The van der Waals surface area contributed by atoms with E-state index >= 15 is 0 Å². The van der Waals surface area contributed by atoms with Gasteiger partial charge in [0.05, 0.1) is 12.2 Å². The number of aliphatic carboxylic acids is 1. The molecule has 3 rings (SSSR count). The van der Waals surface area contributed by atoms with Gasteiger partial charge in [-0.1, -0.05) is 24.3 Å². The van der Waals surface area contributed by atoms with Gasteiger partial charge in [-0.25, -0.2) is 4.79 Å². The van der Waals surface area contributed by atoms with Crippen molar-refractivity contribution >= 4 is 5.97 Å². The molecule has 0 saturated carbocycles. The number of nitrogens with one attached hydrogen (secondary N) is 1. The Labute approximate surface area is 126 Å². The Bertz CT molecular complexity index is 525. The summed E-state index contributed by atoms with van der Waals surface area (Å²) in [6.45, 7) is 3.04. The van der Waals surface area contributed by atoms with Gasteiger partial charge in [0.15, 0.2) is 0 Å². The van der Waals surface area contributed by atoms with Crippen molar-refractivity contribution in [2.24, 2.45) is 0 Å². The first kappa shape index (κ1) is 16.8. The van der Waals surface area contributed by atoms with E-state index in [4.69, 9.17) is 14.6 Å². The minimum Gasteiger partial charge on any atom is -0.475 e. The Kier molecular flexibility index (Phi) is 5.08. The Hall–Kier alpha value is -1.60. The van der Waals surface area contributed by atoms with Crippen LogP contribution in [0.3, 0.4) is 0 Å². The lowest BCUT2D eigenvalue weighted by Crippen LogP contribution is -2.44. The first-order chi connectivity index (χ1) is 10.4. The zero-order valence-corrected chi connectivity index (χ0v) is 11.9. The van der Waals surface area contributed by atoms with E-state index in [2.05, 4.69) is 29.6 Å². The molecule has 0 bridgehead atoms. The van der Waals surface area contributed by atoms with Crippen LogP contribution in [0.4, 0.5) is 13.2 Å². The fraction of sp³-hybridized carbons (Fsp3) is 0.533. The summed E-state index contributed by atoms with van der Waals surface area (Å²) in [6, 6.07) is 8.78. The van der Waals surface area contributed by atoms with E-state index in [1.807, 2.05) is 0 Å². The SMILES string of the molecule is O=C(O)C(F)(F)F.c1ccc2c(c1)CCOC21CCNCC1. The van der Waals surface area contributed by atoms with Crippen LogP contribution in [-0.2, 0) is 21.6 Å². The molecule has 22 heavy (non-hydrogen) atoms. The number of fused-ring (bicyclic) bond motifs is 2. The molecule has 0 aromatic heterocycles. The fourth-order valence-corrected chi connectivity index (χ4v) is 2.86. The topological polar surface area (TPSA) is 58.6 Å². The van der Waals surface area contributed by atoms with Crippen LogP contribution < -0.4 is 5.32 Å². The van der Waals surface area contributed by atoms with Crippen molar-refractivity contribution in [1.82, 2.24) is 5.32 Å². The van der Waals surface area contributed by atoms with Gasteiger partial charge in [0, 0.05) is 0 Å². The second-order valence-corrected chi connectivity index (χ2v) is 5.30. The largest absolute Gasteiger partial charge is 0.490 e. The normalized spacial score (nSPS) is 19.8. The predicted octanol–water partition coefficient (Wildman–Crippen LogP) is 2.47. The molecule has 1 spiro atoms. The van der Waals surface area contributed by atoms with Crippen molar-refractivity contribution in [3.63, 3.8) is 0 Å². The van der Waals surface area contributed by atoms with Crippen molar-refractivity contribution in [2.45, 2.75) is 31.0 Å². The molecule has 0 radical (unpaired) electrons. The van der Waals surface area contributed by atoms with Gasteiger partial charge >= 0.3 is 12.1 Å². The third-order valence-electron chi connectivity index (χ3n) is 3.91. The van der Waals surface area contributed by atoms with Crippen molar-refractivity contribution in [1.29, 1.82) is 0 Å². The Morgan fingerprint density at radius 1 is 1.23 bits per heavy atom. The molecule has 0 unspecified atom stereocenters. The van der Waals surface area contributed by atoms with Crippen LogP contribution in [0, 0.1) is 0 Å². The Balaban J connectivity index is 0.000000217. The monoisotopic (exact) mass is 317 g/mol. The number of benzene rings is 1. The molecule has 1 fully saturated rings. The molecule has 7 heteroatoms. The van der Waals surface area contributed by atoms with E-state index < -0.39 is 12.1 Å². The lowest BCUT2D eigenvalue weighted by Gasteiger charge is -2.42. The van der Waals surface area contributed by atoms with Crippen molar-refractivity contribution in [3.8, 4) is 0 Å². The molecule has 122 valence electrons. The van der Waals surface area contributed by atoms with E-state index in [-0.39, 0.29) is 5.60 Å². The van der Waals surface area contributed by atoms with E-state index in [1.54, 1.807) is 0 Å². The number of carbonyl (C=O) groups is 1. The second kappa shape index (κ2) is 6.66. The van der Waals surface area contributed by atoms with Crippen molar-refractivity contribution in [3.05, 3.63) is 35.4 Å². The van der Waals surface area contributed by atoms with Crippen LogP contribution >= 0.6 is 0 Å². The third kappa shape index (κ3) is 3.78. The van der Waals surface area contributed by atoms with Crippen molar-refractivity contribution < 1.29 is 27.8 Å². The van der Waals surface area contributed by atoms with Gasteiger partial charge in [0.25, 0.3) is 0 Å². The van der Waals surface area contributed by atoms with E-state index in [0.717, 1.165) is 39.0 Å². The molecule has 2 heterocycles. The zero-order valence-electron chi connectivity index (χ0n) is 11.9. The molecule has 1 aromatic carbocycles. The molecule has 1 saturated heterocycles. The Morgan fingerprint density at radius 2 is 1.82 bits per heavy atom. The maximum absolute atomic E-state index is 10.6. The summed E-state index contributed by atoms with van der Waals surface area (Å²) in [4.78, 5) is 8.90. The summed E-state index contributed by atoms with van der Waals surface area (Å²) >= 11 is 0. The first-order valence-electron chi connectivity index (χ1n) is 7.08. The summed E-state index contributed by atoms with van der Waals surface area (Å²) in [7, 11) is 0. The predicted molar refractivity (Wildman–Crippen MR) is 73.6 cm³/mol. The molecule has 1 aromatic rings. The van der Waals surface area contributed by atoms with Crippen LogP contribution in [0.2, 0.25) is 0 Å². The fourth-order valence-electron chi connectivity index (χ4n) is 2.86. The molecule has 2 aliphatic rings. The quantitative estimate of drug-likeness (QED) is 0.772. The smallest absolute Gasteiger partial charge is 0.475 e. The number of rotatable bonds is 0. The standard InChI is InChI=1S/C13H17NO.C2HF3O2/c1-2-4-12-11(3-1)5-10-15-13(12)6-8-14-9-7-13;3-2(4,5)1(6)7/h1-4,14H,5-10H2;(H,6,7). The lowest BCUT2D eigenvalue weighted by atomic mass is 9.80. The molecule has 0 aliphatic carbocycles. The number of carboxylic acid groups (broad SMARTS) is 1. The molecular formula is C15H18F3NO3. The van der Waals surface area contributed by atoms with Crippen LogP contribution in [-0.4, -0.2) is 36.9 Å². The highest BCUT2D eigenvalue weighted by Gasteiger charge is 2.39. The van der Waals surface area contributed by atoms with Crippen LogP contribution in [0.25, 0.3) is 0 Å². The summed E-state index contributed by atoms with van der Waals surface area (Å²) in [6.07, 6.45) is -1.78. The van der Waals surface area contributed by atoms with Gasteiger partial charge in [0.2, 0.25) is 0 Å². The number of hydrogen-bond acceptors (Lipinski definition) is 3. The Morgan fingerprint density at radius 3 is 2.41 bits per heavy atom. The number of ether oxygens (including phenoxy) is 1. The summed E-state index contributed by atoms with van der Waals surface area (Å²) in [5.41, 5.74) is 2.96. The highest BCUT2D eigenvalue weighted by atomic mass is 19.4. The van der Waals surface area contributed by atoms with Gasteiger partial charge in [-0.15, -0.1) is 0 Å². The average molecular weight is 317 g/mol. The van der Waals surface area contributed by atoms with E-state index in [0.29, 0.717) is 0 Å². The minimum absolute atomic E-state index is 0.0279. The number of halogens is 3.